The van der Waals surface area contributed by atoms with Gasteiger partial charge in [0, 0.05) is 36.8 Å². The fraction of sp³-hybridized carbons (Fsp3) is 0.583. The standard InChI is InChI=1S/C12H17N2/c1-6-14(7-1)12-4-8-13(9-5-12)10-11-2-3-11/h4-5,8-9,11H,1-3,6-7,10H2/q+1. The Kier molecular flexibility index (Phi) is 1.93. The van der Waals surface area contributed by atoms with Crippen LogP contribution in [-0.2, 0) is 6.54 Å². The molecule has 1 aromatic heterocycles. The number of hydrogen-bond donors (Lipinski definition) is 0. The molecule has 2 fully saturated rings. The lowest BCUT2D eigenvalue weighted by Gasteiger charge is -2.32. The molecule has 14 heavy (non-hydrogen) atoms. The summed E-state index contributed by atoms with van der Waals surface area (Å²) in [5.74, 6) is 0.967. The Balaban J connectivity index is 1.69. The normalized spacial score (nSPS) is 20.7. The van der Waals surface area contributed by atoms with Gasteiger partial charge in [0.25, 0.3) is 0 Å². The first-order valence-electron chi connectivity index (χ1n) is 5.66. The third-order valence-electron chi connectivity index (χ3n) is 3.26. The Labute approximate surface area is 85.2 Å². The number of rotatable bonds is 3. The van der Waals surface area contributed by atoms with Crippen LogP contribution in [-0.4, -0.2) is 13.1 Å². The summed E-state index contributed by atoms with van der Waals surface area (Å²) in [6.07, 6.45) is 8.68. The van der Waals surface area contributed by atoms with E-state index in [1.54, 1.807) is 0 Å². The molecule has 0 amide bonds. The Morgan fingerprint density at radius 2 is 1.93 bits per heavy atom. The maximum absolute atomic E-state index is 2.43. The van der Waals surface area contributed by atoms with Gasteiger partial charge in [-0.1, -0.05) is 0 Å². The van der Waals surface area contributed by atoms with Crippen LogP contribution in [0.25, 0.3) is 0 Å². The summed E-state index contributed by atoms with van der Waals surface area (Å²) in [5.41, 5.74) is 1.39. The van der Waals surface area contributed by atoms with E-state index in [1.807, 2.05) is 0 Å². The van der Waals surface area contributed by atoms with Gasteiger partial charge in [-0.05, 0) is 19.3 Å². The Hall–Kier alpha value is -1.05. The zero-order valence-electron chi connectivity index (χ0n) is 8.52. The van der Waals surface area contributed by atoms with Crippen molar-refractivity contribution in [3.8, 4) is 0 Å². The van der Waals surface area contributed by atoms with Gasteiger partial charge < -0.3 is 4.90 Å². The molecule has 1 aliphatic heterocycles. The lowest BCUT2D eigenvalue weighted by atomic mass is 10.2. The molecule has 0 unspecified atom stereocenters. The SMILES string of the molecule is c1c[n+](CC2CC2)ccc1N1CCC1. The molecule has 1 saturated carbocycles. The molecule has 0 aromatic carbocycles. The lowest BCUT2D eigenvalue weighted by molar-refractivity contribution is -0.700. The van der Waals surface area contributed by atoms with Gasteiger partial charge in [-0.3, -0.25) is 0 Å². The highest BCUT2D eigenvalue weighted by molar-refractivity contribution is 5.45. The van der Waals surface area contributed by atoms with Crippen molar-refractivity contribution >= 4 is 5.69 Å². The van der Waals surface area contributed by atoms with Crippen molar-refractivity contribution in [2.24, 2.45) is 5.92 Å². The summed E-state index contributed by atoms with van der Waals surface area (Å²) in [4.78, 5) is 2.43. The number of hydrogen-bond acceptors (Lipinski definition) is 1. The van der Waals surface area contributed by atoms with Gasteiger partial charge >= 0.3 is 0 Å². The van der Waals surface area contributed by atoms with Crippen molar-refractivity contribution in [2.45, 2.75) is 25.8 Å². The van der Waals surface area contributed by atoms with E-state index in [4.69, 9.17) is 0 Å². The van der Waals surface area contributed by atoms with E-state index in [2.05, 4.69) is 34.0 Å². The van der Waals surface area contributed by atoms with Gasteiger partial charge in [-0.2, -0.15) is 0 Å². The minimum atomic E-state index is 0.967. The predicted molar refractivity (Wildman–Crippen MR) is 56.2 cm³/mol. The molecule has 74 valence electrons. The van der Waals surface area contributed by atoms with Crippen LogP contribution in [0.3, 0.4) is 0 Å². The van der Waals surface area contributed by atoms with Crippen LogP contribution in [0.15, 0.2) is 24.5 Å². The molecule has 2 aliphatic rings. The van der Waals surface area contributed by atoms with Gasteiger partial charge in [0.2, 0.25) is 0 Å². The van der Waals surface area contributed by atoms with Crippen LogP contribution in [0.5, 0.6) is 0 Å². The van der Waals surface area contributed by atoms with Gasteiger partial charge in [-0.25, -0.2) is 4.57 Å². The van der Waals surface area contributed by atoms with E-state index in [0.29, 0.717) is 0 Å². The van der Waals surface area contributed by atoms with Crippen molar-refractivity contribution in [2.75, 3.05) is 18.0 Å². The third kappa shape index (κ3) is 1.61. The zero-order valence-corrected chi connectivity index (χ0v) is 8.52. The predicted octanol–water partition coefficient (Wildman–Crippen LogP) is 1.59. The summed E-state index contributed by atoms with van der Waals surface area (Å²) in [6.45, 7) is 3.71. The van der Waals surface area contributed by atoms with Crippen LogP contribution >= 0.6 is 0 Å². The molecule has 0 bridgehead atoms. The van der Waals surface area contributed by atoms with Gasteiger partial charge in [0.1, 0.15) is 0 Å². The van der Waals surface area contributed by atoms with E-state index in [0.717, 1.165) is 5.92 Å². The topological polar surface area (TPSA) is 7.12 Å². The molecule has 1 saturated heterocycles. The van der Waals surface area contributed by atoms with Gasteiger partial charge in [0.15, 0.2) is 18.9 Å². The number of pyridine rings is 1. The summed E-state index contributed by atoms with van der Waals surface area (Å²) < 4.78 is 2.32. The minimum Gasteiger partial charge on any atom is -0.371 e. The summed E-state index contributed by atoms with van der Waals surface area (Å²) in [5, 5.41) is 0. The second-order valence-corrected chi connectivity index (χ2v) is 4.54. The molecule has 2 heterocycles. The smallest absolute Gasteiger partial charge is 0.170 e. The second-order valence-electron chi connectivity index (χ2n) is 4.54. The lowest BCUT2D eigenvalue weighted by Crippen LogP contribution is -2.39. The van der Waals surface area contributed by atoms with Crippen LogP contribution in [0.2, 0.25) is 0 Å². The highest BCUT2D eigenvalue weighted by atomic mass is 15.2. The second kappa shape index (κ2) is 3.26. The first-order valence-corrected chi connectivity index (χ1v) is 5.66. The first kappa shape index (κ1) is 8.27. The van der Waals surface area contributed by atoms with Crippen LogP contribution in [0, 0.1) is 5.92 Å². The average Bonchev–Trinajstić information content (AvgIpc) is 2.89. The highest BCUT2D eigenvalue weighted by Gasteiger charge is 2.25. The molecule has 2 heteroatoms. The Morgan fingerprint density at radius 3 is 2.43 bits per heavy atom. The van der Waals surface area contributed by atoms with E-state index < -0.39 is 0 Å². The maximum Gasteiger partial charge on any atom is 0.170 e. The Bertz CT molecular complexity index is 310. The van der Waals surface area contributed by atoms with E-state index in [-0.39, 0.29) is 0 Å². The molecule has 1 aromatic rings. The maximum atomic E-state index is 2.43. The van der Waals surface area contributed by atoms with Crippen LogP contribution in [0.1, 0.15) is 19.3 Å². The molecular formula is C12H17N2+. The average molecular weight is 189 g/mol. The quantitative estimate of drug-likeness (QED) is 0.655. The molecular weight excluding hydrogens is 172 g/mol. The summed E-state index contributed by atoms with van der Waals surface area (Å²) >= 11 is 0. The largest absolute Gasteiger partial charge is 0.371 e. The molecule has 2 nitrogen and oxygen atoms in total. The van der Waals surface area contributed by atoms with Crippen LogP contribution in [0.4, 0.5) is 5.69 Å². The monoisotopic (exact) mass is 189 g/mol. The summed E-state index contributed by atoms with van der Waals surface area (Å²) in [6, 6.07) is 4.50. The van der Waals surface area contributed by atoms with Crippen molar-refractivity contribution in [1.29, 1.82) is 0 Å². The van der Waals surface area contributed by atoms with E-state index >= 15 is 0 Å². The fourth-order valence-corrected chi connectivity index (χ4v) is 1.95. The molecule has 0 radical (unpaired) electrons. The number of aromatic nitrogens is 1. The third-order valence-corrected chi connectivity index (χ3v) is 3.26. The minimum absolute atomic E-state index is 0.967. The molecule has 3 rings (SSSR count). The highest BCUT2D eigenvalue weighted by Crippen LogP contribution is 2.28. The fourth-order valence-electron chi connectivity index (χ4n) is 1.95. The number of anilines is 1. The number of nitrogens with zero attached hydrogens (tertiary/aromatic N) is 2. The van der Waals surface area contributed by atoms with Crippen molar-refractivity contribution in [3.05, 3.63) is 24.5 Å². The zero-order chi connectivity index (χ0) is 9.38. The molecule has 0 spiro atoms. The van der Waals surface area contributed by atoms with E-state index in [1.165, 1.54) is 44.6 Å². The molecule has 1 aliphatic carbocycles. The molecule has 0 N–H and O–H groups in total. The van der Waals surface area contributed by atoms with Crippen molar-refractivity contribution in [3.63, 3.8) is 0 Å². The first-order chi connectivity index (χ1) is 6.92. The van der Waals surface area contributed by atoms with Crippen LogP contribution < -0.4 is 9.47 Å². The van der Waals surface area contributed by atoms with Gasteiger partial charge in [0.05, 0.1) is 0 Å². The summed E-state index contributed by atoms with van der Waals surface area (Å²) in [7, 11) is 0. The van der Waals surface area contributed by atoms with E-state index in [9.17, 15) is 0 Å². The molecule has 0 atom stereocenters. The van der Waals surface area contributed by atoms with Crippen molar-refractivity contribution < 1.29 is 4.57 Å². The van der Waals surface area contributed by atoms with Gasteiger partial charge in [-0.15, -0.1) is 0 Å². The Morgan fingerprint density at radius 1 is 1.21 bits per heavy atom. The van der Waals surface area contributed by atoms with Crippen molar-refractivity contribution in [1.82, 2.24) is 0 Å².